The molecule has 1 unspecified atom stereocenters. The summed E-state index contributed by atoms with van der Waals surface area (Å²) in [4.78, 5) is 23.7. The van der Waals surface area contributed by atoms with Crippen LogP contribution in [0.3, 0.4) is 0 Å². The SMILES string of the molecule is C=C(C)C(NC(=O)N(C)CCC(=O)O)c1ccc(F)c(F)c1. The van der Waals surface area contributed by atoms with Gasteiger partial charge in [-0.2, -0.15) is 0 Å². The molecule has 120 valence electrons. The highest BCUT2D eigenvalue weighted by Gasteiger charge is 2.19. The molecule has 1 aromatic rings. The molecule has 0 fully saturated rings. The number of nitrogens with zero attached hydrogens (tertiary/aromatic N) is 1. The summed E-state index contributed by atoms with van der Waals surface area (Å²) in [6, 6.07) is 2.09. The quantitative estimate of drug-likeness (QED) is 0.794. The van der Waals surface area contributed by atoms with E-state index in [1.165, 1.54) is 18.0 Å². The molecule has 0 saturated carbocycles. The van der Waals surface area contributed by atoms with Crippen LogP contribution >= 0.6 is 0 Å². The fourth-order valence-corrected chi connectivity index (χ4v) is 1.78. The van der Waals surface area contributed by atoms with Crippen LogP contribution in [0.4, 0.5) is 13.6 Å². The van der Waals surface area contributed by atoms with Crippen molar-refractivity contribution in [3.05, 3.63) is 47.5 Å². The maximum absolute atomic E-state index is 13.3. The second kappa shape index (κ2) is 7.53. The Morgan fingerprint density at radius 3 is 2.50 bits per heavy atom. The molecule has 2 N–H and O–H groups in total. The predicted octanol–water partition coefficient (Wildman–Crippen LogP) is 2.70. The zero-order chi connectivity index (χ0) is 16.9. The first-order chi connectivity index (χ1) is 10.2. The Morgan fingerprint density at radius 2 is 2.00 bits per heavy atom. The van der Waals surface area contributed by atoms with E-state index in [4.69, 9.17) is 5.11 Å². The first-order valence-electron chi connectivity index (χ1n) is 6.56. The summed E-state index contributed by atoms with van der Waals surface area (Å²) >= 11 is 0. The monoisotopic (exact) mass is 312 g/mol. The minimum absolute atomic E-state index is 0.0296. The van der Waals surface area contributed by atoms with Gasteiger partial charge in [-0.05, 0) is 24.6 Å². The molecule has 0 aliphatic rings. The van der Waals surface area contributed by atoms with Crippen LogP contribution in [-0.4, -0.2) is 35.6 Å². The van der Waals surface area contributed by atoms with E-state index in [-0.39, 0.29) is 13.0 Å². The highest BCUT2D eigenvalue weighted by atomic mass is 19.2. The zero-order valence-electron chi connectivity index (χ0n) is 12.4. The third-order valence-electron chi connectivity index (χ3n) is 3.05. The van der Waals surface area contributed by atoms with Crippen LogP contribution in [-0.2, 0) is 4.79 Å². The van der Waals surface area contributed by atoms with Crippen LogP contribution in [0.15, 0.2) is 30.4 Å². The van der Waals surface area contributed by atoms with Crippen LogP contribution in [0.2, 0.25) is 0 Å². The van der Waals surface area contributed by atoms with Crippen molar-refractivity contribution in [2.24, 2.45) is 0 Å². The average Bonchev–Trinajstić information content (AvgIpc) is 2.44. The Balaban J connectivity index is 2.84. The van der Waals surface area contributed by atoms with E-state index in [0.29, 0.717) is 11.1 Å². The van der Waals surface area contributed by atoms with E-state index < -0.39 is 29.7 Å². The van der Waals surface area contributed by atoms with E-state index in [1.807, 2.05) is 0 Å². The number of benzene rings is 1. The number of urea groups is 1. The summed E-state index contributed by atoms with van der Waals surface area (Å²) in [6.07, 6.45) is -0.188. The number of nitrogens with one attached hydrogen (secondary N) is 1. The Kier molecular flexibility index (Phi) is 6.03. The van der Waals surface area contributed by atoms with Crippen LogP contribution in [0.5, 0.6) is 0 Å². The van der Waals surface area contributed by atoms with E-state index in [1.54, 1.807) is 6.92 Å². The second-order valence-corrected chi connectivity index (χ2v) is 4.97. The molecule has 0 bridgehead atoms. The van der Waals surface area contributed by atoms with Crippen molar-refractivity contribution in [1.29, 1.82) is 0 Å². The van der Waals surface area contributed by atoms with Gasteiger partial charge in [0, 0.05) is 13.6 Å². The molecule has 7 heteroatoms. The van der Waals surface area contributed by atoms with Gasteiger partial charge in [-0.15, -0.1) is 0 Å². The predicted molar refractivity (Wildman–Crippen MR) is 77.3 cm³/mol. The van der Waals surface area contributed by atoms with Gasteiger partial charge in [-0.3, -0.25) is 4.79 Å². The Labute approximate surface area is 127 Å². The summed E-state index contributed by atoms with van der Waals surface area (Å²) in [6.45, 7) is 5.40. The summed E-state index contributed by atoms with van der Waals surface area (Å²) in [7, 11) is 1.44. The third-order valence-corrected chi connectivity index (χ3v) is 3.05. The van der Waals surface area contributed by atoms with Gasteiger partial charge in [-0.1, -0.05) is 18.2 Å². The molecule has 0 radical (unpaired) electrons. The number of carboxylic acid groups (broad SMARTS) is 1. The maximum Gasteiger partial charge on any atom is 0.317 e. The fourth-order valence-electron chi connectivity index (χ4n) is 1.78. The highest BCUT2D eigenvalue weighted by Crippen LogP contribution is 2.22. The van der Waals surface area contributed by atoms with E-state index >= 15 is 0 Å². The van der Waals surface area contributed by atoms with Crippen molar-refractivity contribution in [2.75, 3.05) is 13.6 Å². The van der Waals surface area contributed by atoms with Crippen molar-refractivity contribution in [1.82, 2.24) is 10.2 Å². The Morgan fingerprint density at radius 1 is 1.36 bits per heavy atom. The van der Waals surface area contributed by atoms with Crippen molar-refractivity contribution in [3.63, 3.8) is 0 Å². The maximum atomic E-state index is 13.3. The van der Waals surface area contributed by atoms with Crippen molar-refractivity contribution < 1.29 is 23.5 Å². The minimum Gasteiger partial charge on any atom is -0.481 e. The lowest BCUT2D eigenvalue weighted by atomic mass is 10.0. The van der Waals surface area contributed by atoms with Crippen LogP contribution in [0.1, 0.15) is 24.9 Å². The van der Waals surface area contributed by atoms with E-state index in [2.05, 4.69) is 11.9 Å². The van der Waals surface area contributed by atoms with Crippen LogP contribution in [0.25, 0.3) is 0 Å². The molecule has 0 saturated heterocycles. The number of rotatable bonds is 6. The molecule has 1 aromatic carbocycles. The Hall–Kier alpha value is -2.44. The topological polar surface area (TPSA) is 69.6 Å². The summed E-state index contributed by atoms with van der Waals surface area (Å²) in [5, 5.41) is 11.2. The van der Waals surface area contributed by atoms with E-state index in [0.717, 1.165) is 12.1 Å². The molecule has 0 aliphatic heterocycles. The molecule has 1 atom stereocenters. The summed E-state index contributed by atoms with van der Waals surface area (Å²) in [5.41, 5.74) is 0.886. The number of halogens is 2. The minimum atomic E-state index is -1.02. The molecular formula is C15H18F2N2O3. The number of amides is 2. The fraction of sp³-hybridized carbons (Fsp3) is 0.333. The largest absolute Gasteiger partial charge is 0.481 e. The van der Waals surface area contributed by atoms with E-state index in [9.17, 15) is 18.4 Å². The molecule has 0 heterocycles. The van der Waals surface area contributed by atoms with Crippen molar-refractivity contribution >= 4 is 12.0 Å². The normalized spacial score (nSPS) is 11.6. The van der Waals surface area contributed by atoms with Gasteiger partial charge in [-0.25, -0.2) is 13.6 Å². The van der Waals surface area contributed by atoms with Crippen LogP contribution in [0, 0.1) is 11.6 Å². The number of aliphatic carboxylic acids is 1. The van der Waals surface area contributed by atoms with Gasteiger partial charge in [0.05, 0.1) is 12.5 Å². The lowest BCUT2D eigenvalue weighted by molar-refractivity contribution is -0.137. The zero-order valence-corrected chi connectivity index (χ0v) is 12.4. The number of carboxylic acids is 1. The Bertz CT molecular complexity index is 590. The lowest BCUT2D eigenvalue weighted by Crippen LogP contribution is -2.40. The number of carbonyl (C=O) groups is 2. The van der Waals surface area contributed by atoms with Gasteiger partial charge in [0.2, 0.25) is 0 Å². The summed E-state index contributed by atoms with van der Waals surface area (Å²) in [5.74, 6) is -3.01. The molecule has 0 aliphatic carbocycles. The summed E-state index contributed by atoms with van der Waals surface area (Å²) < 4.78 is 26.3. The average molecular weight is 312 g/mol. The van der Waals surface area contributed by atoms with Gasteiger partial charge in [0.15, 0.2) is 11.6 Å². The second-order valence-electron chi connectivity index (χ2n) is 4.97. The van der Waals surface area contributed by atoms with Gasteiger partial charge in [0.1, 0.15) is 0 Å². The number of carbonyl (C=O) groups excluding carboxylic acids is 1. The lowest BCUT2D eigenvalue weighted by Gasteiger charge is -2.24. The molecule has 2 amide bonds. The first-order valence-corrected chi connectivity index (χ1v) is 6.56. The smallest absolute Gasteiger partial charge is 0.317 e. The molecule has 0 spiro atoms. The molecule has 5 nitrogen and oxygen atoms in total. The van der Waals surface area contributed by atoms with Crippen LogP contribution < -0.4 is 5.32 Å². The highest BCUT2D eigenvalue weighted by molar-refractivity contribution is 5.76. The van der Waals surface area contributed by atoms with Crippen molar-refractivity contribution in [3.8, 4) is 0 Å². The van der Waals surface area contributed by atoms with Crippen molar-refractivity contribution in [2.45, 2.75) is 19.4 Å². The molecular weight excluding hydrogens is 294 g/mol. The van der Waals surface area contributed by atoms with Gasteiger partial charge >= 0.3 is 12.0 Å². The number of hydrogen-bond donors (Lipinski definition) is 2. The molecule has 1 rings (SSSR count). The molecule has 22 heavy (non-hydrogen) atoms. The van der Waals surface area contributed by atoms with Gasteiger partial charge < -0.3 is 15.3 Å². The standard InChI is InChI=1S/C15H18F2N2O3/c1-9(2)14(10-4-5-11(16)12(17)8-10)18-15(22)19(3)7-6-13(20)21/h4-5,8,14H,1,6-7H2,2-3H3,(H,18,22)(H,20,21). The molecule has 0 aromatic heterocycles. The van der Waals surface area contributed by atoms with Gasteiger partial charge in [0.25, 0.3) is 0 Å². The third kappa shape index (κ3) is 4.83. The number of hydrogen-bond acceptors (Lipinski definition) is 2. The first kappa shape index (κ1) is 17.6.